The molecular weight excluding hydrogens is 422 g/mol. The van der Waals surface area contributed by atoms with Crippen molar-refractivity contribution in [2.24, 2.45) is 5.73 Å². The molecule has 1 aromatic heterocycles. The third-order valence-corrected chi connectivity index (χ3v) is 5.77. The summed E-state index contributed by atoms with van der Waals surface area (Å²) in [6.45, 7) is 1.14. The zero-order valence-corrected chi connectivity index (χ0v) is 18.5. The van der Waals surface area contributed by atoms with E-state index in [1.54, 1.807) is 12.5 Å². The number of primary amides is 1. The van der Waals surface area contributed by atoms with Crippen molar-refractivity contribution in [2.45, 2.75) is 38.5 Å². The van der Waals surface area contributed by atoms with Gasteiger partial charge in [0.25, 0.3) is 5.91 Å². The Hall–Kier alpha value is -3.15. The average molecular weight is 448 g/mol. The van der Waals surface area contributed by atoms with E-state index in [2.05, 4.69) is 41.4 Å². The number of ether oxygens (including phenoxy) is 1. The summed E-state index contributed by atoms with van der Waals surface area (Å²) >= 11 is 6.23. The fourth-order valence-corrected chi connectivity index (χ4v) is 4.06. The second kappa shape index (κ2) is 10.4. The Morgan fingerprint density at radius 1 is 1.09 bits per heavy atom. The molecule has 0 fully saturated rings. The molecular formula is C26H26ClN3O2. The van der Waals surface area contributed by atoms with E-state index in [1.165, 1.54) is 16.3 Å². The van der Waals surface area contributed by atoms with Crippen molar-refractivity contribution in [3.8, 4) is 0 Å². The van der Waals surface area contributed by atoms with Gasteiger partial charge >= 0.3 is 0 Å². The molecule has 4 aromatic rings. The molecule has 0 saturated heterocycles. The van der Waals surface area contributed by atoms with Crippen molar-refractivity contribution in [1.82, 2.24) is 9.55 Å². The minimum atomic E-state index is -0.528. The number of benzene rings is 3. The number of fused-ring (bicyclic) bond motifs is 1. The summed E-state index contributed by atoms with van der Waals surface area (Å²) < 4.78 is 8.13. The van der Waals surface area contributed by atoms with E-state index in [0.717, 1.165) is 29.8 Å². The van der Waals surface area contributed by atoms with Gasteiger partial charge in [0.1, 0.15) is 5.69 Å². The highest BCUT2D eigenvalue weighted by molar-refractivity contribution is 6.31. The van der Waals surface area contributed by atoms with Crippen LogP contribution in [0.5, 0.6) is 0 Å². The molecule has 164 valence electrons. The number of halogens is 1. The highest BCUT2D eigenvalue weighted by Gasteiger charge is 2.13. The van der Waals surface area contributed by atoms with Crippen LogP contribution in [0, 0.1) is 0 Å². The summed E-state index contributed by atoms with van der Waals surface area (Å²) in [4.78, 5) is 15.5. The number of aryl methyl sites for hydroxylation is 1. The lowest BCUT2D eigenvalue weighted by atomic mass is 9.99. The Morgan fingerprint density at radius 3 is 2.72 bits per heavy atom. The maximum atomic E-state index is 11.4. The fourth-order valence-electron chi connectivity index (χ4n) is 3.89. The van der Waals surface area contributed by atoms with Crippen molar-refractivity contribution >= 4 is 28.3 Å². The number of hydrogen-bond donors (Lipinski definition) is 1. The van der Waals surface area contributed by atoms with Gasteiger partial charge in [0, 0.05) is 17.8 Å². The topological polar surface area (TPSA) is 70.1 Å². The number of amides is 1. The van der Waals surface area contributed by atoms with Crippen molar-refractivity contribution in [1.29, 1.82) is 0 Å². The Morgan fingerprint density at radius 2 is 1.94 bits per heavy atom. The summed E-state index contributed by atoms with van der Waals surface area (Å²) in [6, 6.07) is 22.5. The number of hydrogen-bond acceptors (Lipinski definition) is 3. The molecule has 1 unspecified atom stereocenters. The van der Waals surface area contributed by atoms with Gasteiger partial charge in [-0.3, -0.25) is 4.79 Å². The summed E-state index contributed by atoms with van der Waals surface area (Å²) in [5.41, 5.74) is 8.01. The van der Waals surface area contributed by atoms with Gasteiger partial charge in [-0.15, -0.1) is 0 Å². The minimum absolute atomic E-state index is 0.0244. The summed E-state index contributed by atoms with van der Waals surface area (Å²) in [5.74, 6) is -0.528. The number of aromatic nitrogens is 2. The highest BCUT2D eigenvalue weighted by Crippen LogP contribution is 2.24. The van der Waals surface area contributed by atoms with E-state index in [9.17, 15) is 4.79 Å². The molecule has 4 rings (SSSR count). The van der Waals surface area contributed by atoms with E-state index in [1.807, 2.05) is 34.9 Å². The Kier molecular flexibility index (Phi) is 7.20. The van der Waals surface area contributed by atoms with Crippen molar-refractivity contribution < 1.29 is 9.53 Å². The summed E-state index contributed by atoms with van der Waals surface area (Å²) in [5, 5.41) is 3.14. The van der Waals surface area contributed by atoms with Crippen LogP contribution in [0.2, 0.25) is 5.02 Å². The normalized spacial score (nSPS) is 12.2. The maximum Gasteiger partial charge on any atom is 0.268 e. The molecule has 0 saturated carbocycles. The van der Waals surface area contributed by atoms with Crippen molar-refractivity contribution in [2.75, 3.05) is 0 Å². The lowest BCUT2D eigenvalue weighted by Gasteiger charge is -2.19. The lowest BCUT2D eigenvalue weighted by Crippen LogP contribution is -2.20. The molecule has 6 heteroatoms. The zero-order valence-electron chi connectivity index (χ0n) is 17.8. The number of rotatable bonds is 10. The third kappa shape index (κ3) is 5.75. The molecule has 0 aliphatic rings. The smallest absolute Gasteiger partial charge is 0.268 e. The van der Waals surface area contributed by atoms with E-state index in [-0.39, 0.29) is 11.8 Å². The van der Waals surface area contributed by atoms with Gasteiger partial charge in [0.05, 0.1) is 19.0 Å². The largest absolute Gasteiger partial charge is 0.372 e. The van der Waals surface area contributed by atoms with E-state index in [4.69, 9.17) is 22.1 Å². The molecule has 2 N–H and O–H groups in total. The van der Waals surface area contributed by atoms with Crippen LogP contribution in [-0.2, 0) is 24.3 Å². The van der Waals surface area contributed by atoms with Crippen molar-refractivity contribution in [3.63, 3.8) is 0 Å². The first kappa shape index (κ1) is 22.1. The minimum Gasteiger partial charge on any atom is -0.372 e. The number of nitrogens with two attached hydrogens (primary N) is 1. The third-order valence-electron chi connectivity index (χ3n) is 5.54. The van der Waals surface area contributed by atoms with Gasteiger partial charge in [-0.1, -0.05) is 66.2 Å². The molecule has 0 radical (unpaired) electrons. The predicted molar refractivity (Wildman–Crippen MR) is 128 cm³/mol. The van der Waals surface area contributed by atoms with E-state index >= 15 is 0 Å². The molecule has 0 aliphatic carbocycles. The van der Waals surface area contributed by atoms with Crippen LogP contribution in [0.25, 0.3) is 10.8 Å². The quantitative estimate of drug-likeness (QED) is 0.354. The fraction of sp³-hybridized carbons (Fsp3) is 0.231. The van der Waals surface area contributed by atoms with Crippen LogP contribution < -0.4 is 5.73 Å². The average Bonchev–Trinajstić information content (AvgIpc) is 3.27. The van der Waals surface area contributed by atoms with Crippen LogP contribution >= 0.6 is 11.6 Å². The van der Waals surface area contributed by atoms with Crippen LogP contribution in [0.15, 0.2) is 79.3 Å². The number of carbonyl (C=O) groups excluding carboxylic acids is 1. The van der Waals surface area contributed by atoms with Gasteiger partial charge in [-0.2, -0.15) is 0 Å². The van der Waals surface area contributed by atoms with Gasteiger partial charge in [-0.25, -0.2) is 4.98 Å². The molecule has 1 amide bonds. The van der Waals surface area contributed by atoms with Crippen molar-refractivity contribution in [3.05, 3.63) is 101 Å². The van der Waals surface area contributed by atoms with Gasteiger partial charge in [0.15, 0.2) is 0 Å². The predicted octanol–water partition coefficient (Wildman–Crippen LogP) is 5.40. The SMILES string of the molecule is NC(=O)c1cn(CC(CCCc2cccc3ccc(Cl)cc23)OCc2ccccc2)cn1. The Balaban J connectivity index is 1.43. The van der Waals surface area contributed by atoms with Crippen LogP contribution in [-0.4, -0.2) is 21.6 Å². The summed E-state index contributed by atoms with van der Waals surface area (Å²) in [7, 11) is 0. The molecule has 0 aliphatic heterocycles. The maximum absolute atomic E-state index is 11.4. The summed E-state index contributed by atoms with van der Waals surface area (Å²) in [6.07, 6.45) is 6.04. The van der Waals surface area contributed by atoms with Gasteiger partial charge in [-0.05, 0) is 53.3 Å². The first-order chi connectivity index (χ1) is 15.6. The highest BCUT2D eigenvalue weighted by atomic mass is 35.5. The zero-order chi connectivity index (χ0) is 22.3. The number of imidazole rings is 1. The number of nitrogens with zero attached hydrogens (tertiary/aromatic N) is 2. The van der Waals surface area contributed by atoms with Gasteiger partial charge < -0.3 is 15.0 Å². The standard InChI is InChI=1S/C26H26ClN3O2/c27-22-13-12-21-9-4-8-20(24(21)14-22)10-5-11-23(32-17-19-6-2-1-3-7-19)15-30-16-25(26(28)31)29-18-30/h1-4,6-9,12-14,16,18,23H,5,10-11,15,17H2,(H2,28,31). The molecule has 32 heavy (non-hydrogen) atoms. The molecule has 0 bridgehead atoms. The second-order valence-corrected chi connectivity index (χ2v) is 8.35. The molecule has 1 atom stereocenters. The van der Waals surface area contributed by atoms with E-state index < -0.39 is 5.91 Å². The first-order valence-electron chi connectivity index (χ1n) is 10.7. The number of carbonyl (C=O) groups is 1. The second-order valence-electron chi connectivity index (χ2n) is 7.91. The molecule has 1 heterocycles. The van der Waals surface area contributed by atoms with Crippen LogP contribution in [0.3, 0.4) is 0 Å². The Labute approximate surface area is 192 Å². The van der Waals surface area contributed by atoms with Gasteiger partial charge in [0.2, 0.25) is 0 Å². The lowest BCUT2D eigenvalue weighted by molar-refractivity contribution is 0.0225. The molecule has 5 nitrogen and oxygen atoms in total. The monoisotopic (exact) mass is 447 g/mol. The molecule has 0 spiro atoms. The Bertz CT molecular complexity index is 1190. The van der Waals surface area contributed by atoms with E-state index in [0.29, 0.717) is 13.2 Å². The first-order valence-corrected chi connectivity index (χ1v) is 11.1. The van der Waals surface area contributed by atoms with Crippen LogP contribution in [0.1, 0.15) is 34.5 Å². The molecule has 3 aromatic carbocycles. The van der Waals surface area contributed by atoms with Crippen LogP contribution in [0.4, 0.5) is 0 Å².